The molecule has 1 aliphatic heterocycles. The Kier molecular flexibility index (Phi) is 11.3. The molecule has 10 nitrogen and oxygen atoms in total. The SMILES string of the molecule is CCCC(=O)OC[C@@H]1OC(O)[C@H](NC(C)=O)[C@H](OC(=O)CCC)[C@H]1OC(=O)CCC. The molecule has 0 spiro atoms. The lowest BCUT2D eigenvalue weighted by Gasteiger charge is -2.43. The summed E-state index contributed by atoms with van der Waals surface area (Å²) in [5.41, 5.74) is 0. The van der Waals surface area contributed by atoms with Crippen molar-refractivity contribution in [1.29, 1.82) is 0 Å². The van der Waals surface area contributed by atoms with Crippen LogP contribution in [0.2, 0.25) is 0 Å². The lowest BCUT2D eigenvalue weighted by molar-refractivity contribution is -0.265. The lowest BCUT2D eigenvalue weighted by atomic mass is 9.96. The minimum Gasteiger partial charge on any atom is -0.463 e. The van der Waals surface area contributed by atoms with Gasteiger partial charge < -0.3 is 29.4 Å². The number of nitrogens with one attached hydrogen (secondary N) is 1. The zero-order valence-corrected chi connectivity index (χ0v) is 18.0. The highest BCUT2D eigenvalue weighted by Crippen LogP contribution is 2.27. The zero-order valence-electron chi connectivity index (χ0n) is 18.0. The van der Waals surface area contributed by atoms with Gasteiger partial charge in [-0.1, -0.05) is 20.8 Å². The summed E-state index contributed by atoms with van der Waals surface area (Å²) >= 11 is 0. The van der Waals surface area contributed by atoms with Gasteiger partial charge >= 0.3 is 17.9 Å². The molecule has 5 atom stereocenters. The predicted molar refractivity (Wildman–Crippen MR) is 104 cm³/mol. The predicted octanol–water partition coefficient (Wildman–Crippen LogP) is 0.975. The Morgan fingerprint density at radius 2 is 1.37 bits per heavy atom. The van der Waals surface area contributed by atoms with Crippen LogP contribution in [-0.2, 0) is 38.1 Å². The number of carbonyl (C=O) groups excluding carboxylic acids is 4. The minimum atomic E-state index is -1.57. The fraction of sp³-hybridized carbons (Fsp3) is 0.800. The number of ether oxygens (including phenoxy) is 4. The molecule has 0 bridgehead atoms. The van der Waals surface area contributed by atoms with E-state index in [0.717, 1.165) is 0 Å². The van der Waals surface area contributed by atoms with Crippen LogP contribution in [0, 0.1) is 0 Å². The van der Waals surface area contributed by atoms with Crippen molar-refractivity contribution in [3.05, 3.63) is 0 Å². The van der Waals surface area contributed by atoms with Crippen LogP contribution >= 0.6 is 0 Å². The molecule has 1 amide bonds. The van der Waals surface area contributed by atoms with Gasteiger partial charge in [-0.05, 0) is 19.3 Å². The molecule has 1 saturated heterocycles. The maximum absolute atomic E-state index is 12.2. The first-order valence-electron chi connectivity index (χ1n) is 10.4. The molecule has 0 aliphatic carbocycles. The quantitative estimate of drug-likeness (QED) is 0.362. The van der Waals surface area contributed by atoms with Crippen molar-refractivity contribution in [2.24, 2.45) is 0 Å². The Bertz CT molecular complexity index is 595. The highest BCUT2D eigenvalue weighted by molar-refractivity contribution is 5.74. The fourth-order valence-corrected chi connectivity index (χ4v) is 3.01. The molecule has 0 radical (unpaired) electrons. The summed E-state index contributed by atoms with van der Waals surface area (Å²) in [6.07, 6.45) is -2.99. The Balaban J connectivity index is 3.15. The number of aliphatic hydroxyl groups excluding tert-OH is 1. The van der Waals surface area contributed by atoms with Crippen molar-refractivity contribution in [3.63, 3.8) is 0 Å². The molecule has 0 saturated carbocycles. The Labute approximate surface area is 176 Å². The number of rotatable bonds is 11. The summed E-state index contributed by atoms with van der Waals surface area (Å²) in [6.45, 7) is 6.33. The molecule has 1 rings (SSSR count). The van der Waals surface area contributed by atoms with Crippen LogP contribution in [0.5, 0.6) is 0 Å². The topological polar surface area (TPSA) is 137 Å². The van der Waals surface area contributed by atoms with E-state index in [2.05, 4.69) is 5.32 Å². The standard InChI is InChI=1S/C20H33NO9/c1-5-8-14(23)27-11-13-18(29-15(24)9-6-2)19(30-16(25)10-7-3)17(20(26)28-13)21-12(4)22/h13,17-20,26H,5-11H2,1-4H3,(H,21,22)/t13-,17+,18-,19-,20?/m0/s1. The van der Waals surface area contributed by atoms with Crippen molar-refractivity contribution in [1.82, 2.24) is 5.32 Å². The molecule has 1 unspecified atom stereocenters. The fourth-order valence-electron chi connectivity index (χ4n) is 3.01. The van der Waals surface area contributed by atoms with Crippen LogP contribution in [0.3, 0.4) is 0 Å². The van der Waals surface area contributed by atoms with E-state index >= 15 is 0 Å². The zero-order chi connectivity index (χ0) is 22.7. The Morgan fingerprint density at radius 1 is 0.867 bits per heavy atom. The second kappa shape index (κ2) is 13.2. The van der Waals surface area contributed by atoms with Gasteiger partial charge in [-0.2, -0.15) is 0 Å². The van der Waals surface area contributed by atoms with E-state index in [1.165, 1.54) is 6.92 Å². The molecular formula is C20H33NO9. The Morgan fingerprint density at radius 3 is 1.87 bits per heavy atom. The summed E-state index contributed by atoms with van der Waals surface area (Å²) in [6, 6.07) is -1.16. The molecule has 172 valence electrons. The third-order valence-electron chi connectivity index (χ3n) is 4.34. The van der Waals surface area contributed by atoms with Gasteiger partial charge in [-0.25, -0.2) is 0 Å². The van der Waals surface area contributed by atoms with Crippen LogP contribution in [0.15, 0.2) is 0 Å². The summed E-state index contributed by atoms with van der Waals surface area (Å²) in [5.74, 6) is -2.11. The van der Waals surface area contributed by atoms with Crippen LogP contribution in [-0.4, -0.2) is 66.2 Å². The van der Waals surface area contributed by atoms with Crippen LogP contribution in [0.4, 0.5) is 0 Å². The summed E-state index contributed by atoms with van der Waals surface area (Å²) in [5, 5.41) is 12.9. The van der Waals surface area contributed by atoms with Crippen molar-refractivity contribution in [3.8, 4) is 0 Å². The molecule has 0 aromatic carbocycles. The van der Waals surface area contributed by atoms with E-state index in [9.17, 15) is 24.3 Å². The molecule has 2 N–H and O–H groups in total. The normalized spacial score (nSPS) is 25.8. The van der Waals surface area contributed by atoms with E-state index in [1.807, 2.05) is 6.92 Å². The largest absolute Gasteiger partial charge is 0.463 e. The van der Waals surface area contributed by atoms with E-state index in [4.69, 9.17) is 18.9 Å². The summed E-state index contributed by atoms with van der Waals surface area (Å²) in [7, 11) is 0. The van der Waals surface area contributed by atoms with Crippen LogP contribution in [0.1, 0.15) is 66.2 Å². The van der Waals surface area contributed by atoms with Gasteiger partial charge in [0.25, 0.3) is 0 Å². The number of esters is 3. The molecule has 1 heterocycles. The van der Waals surface area contributed by atoms with E-state index < -0.39 is 54.5 Å². The lowest BCUT2D eigenvalue weighted by Crippen LogP contribution is -2.66. The summed E-state index contributed by atoms with van der Waals surface area (Å²) in [4.78, 5) is 47.8. The number of hydrogen-bond donors (Lipinski definition) is 2. The van der Waals surface area contributed by atoms with Gasteiger partial charge in [0, 0.05) is 26.2 Å². The van der Waals surface area contributed by atoms with Crippen molar-refractivity contribution < 1.29 is 43.2 Å². The average molecular weight is 431 g/mol. The molecule has 10 heteroatoms. The molecule has 30 heavy (non-hydrogen) atoms. The monoisotopic (exact) mass is 431 g/mol. The molecule has 1 fully saturated rings. The van der Waals surface area contributed by atoms with E-state index in [0.29, 0.717) is 19.3 Å². The molecule has 0 aromatic rings. The van der Waals surface area contributed by atoms with Crippen molar-refractivity contribution in [2.75, 3.05) is 6.61 Å². The van der Waals surface area contributed by atoms with Gasteiger partial charge in [0.05, 0.1) is 0 Å². The average Bonchev–Trinajstić information content (AvgIpc) is 2.65. The molecular weight excluding hydrogens is 398 g/mol. The van der Waals surface area contributed by atoms with E-state index in [-0.39, 0.29) is 25.9 Å². The Hall–Kier alpha value is -2.20. The molecule has 1 aliphatic rings. The first-order valence-corrected chi connectivity index (χ1v) is 10.4. The second-order valence-corrected chi connectivity index (χ2v) is 7.13. The van der Waals surface area contributed by atoms with Gasteiger partial charge in [-0.3, -0.25) is 19.2 Å². The smallest absolute Gasteiger partial charge is 0.306 e. The maximum Gasteiger partial charge on any atom is 0.306 e. The van der Waals surface area contributed by atoms with Gasteiger partial charge in [-0.15, -0.1) is 0 Å². The minimum absolute atomic E-state index is 0.103. The van der Waals surface area contributed by atoms with Crippen LogP contribution in [0.25, 0.3) is 0 Å². The van der Waals surface area contributed by atoms with Crippen molar-refractivity contribution in [2.45, 2.75) is 96.9 Å². The first kappa shape index (κ1) is 25.8. The number of hydrogen-bond acceptors (Lipinski definition) is 9. The van der Waals surface area contributed by atoms with Crippen molar-refractivity contribution >= 4 is 23.8 Å². The first-order chi connectivity index (χ1) is 14.2. The van der Waals surface area contributed by atoms with Crippen LogP contribution < -0.4 is 5.32 Å². The number of carbonyl (C=O) groups is 4. The molecule has 0 aromatic heterocycles. The number of amides is 1. The maximum atomic E-state index is 12.2. The second-order valence-electron chi connectivity index (χ2n) is 7.13. The number of aliphatic hydroxyl groups is 1. The highest BCUT2D eigenvalue weighted by Gasteiger charge is 2.50. The van der Waals surface area contributed by atoms with E-state index in [1.54, 1.807) is 13.8 Å². The summed E-state index contributed by atoms with van der Waals surface area (Å²) < 4.78 is 21.6. The van der Waals surface area contributed by atoms with Gasteiger partial charge in [0.1, 0.15) is 18.8 Å². The third-order valence-corrected chi connectivity index (χ3v) is 4.34. The third kappa shape index (κ3) is 8.27. The van der Waals surface area contributed by atoms with Gasteiger partial charge in [0.15, 0.2) is 18.5 Å². The van der Waals surface area contributed by atoms with Gasteiger partial charge in [0.2, 0.25) is 5.91 Å². The highest BCUT2D eigenvalue weighted by atomic mass is 16.7.